The number of nitrogens with zero attached hydrogens (tertiary/aromatic N) is 3. The van der Waals surface area contributed by atoms with E-state index in [9.17, 15) is 4.79 Å². The van der Waals surface area contributed by atoms with Crippen LogP contribution >= 0.6 is 0 Å². The molecule has 2 aromatic rings. The highest BCUT2D eigenvalue weighted by Crippen LogP contribution is 2.39. The fourth-order valence-electron chi connectivity index (χ4n) is 2.69. The summed E-state index contributed by atoms with van der Waals surface area (Å²) in [6, 6.07) is 7.51. The van der Waals surface area contributed by atoms with Gasteiger partial charge in [0.2, 0.25) is 0 Å². The highest BCUT2D eigenvalue weighted by Gasteiger charge is 2.32. The third-order valence-electron chi connectivity index (χ3n) is 4.32. The van der Waals surface area contributed by atoms with Gasteiger partial charge in [0, 0.05) is 18.0 Å². The second-order valence-corrected chi connectivity index (χ2v) is 6.51. The van der Waals surface area contributed by atoms with E-state index in [-0.39, 0.29) is 11.9 Å². The van der Waals surface area contributed by atoms with Gasteiger partial charge in [-0.1, -0.05) is 6.92 Å². The van der Waals surface area contributed by atoms with Crippen LogP contribution in [0.5, 0.6) is 5.75 Å². The molecule has 4 rings (SSSR count). The monoisotopic (exact) mass is 311 g/mol. The second-order valence-electron chi connectivity index (χ2n) is 6.51. The molecule has 1 aromatic carbocycles. The molecular weight excluding hydrogens is 290 g/mol. The highest BCUT2D eigenvalue weighted by atomic mass is 16.5. The van der Waals surface area contributed by atoms with Gasteiger partial charge in [-0.15, -0.1) is 0 Å². The zero-order valence-electron chi connectivity index (χ0n) is 13.4. The number of rotatable bonds is 6. The lowest BCUT2D eigenvalue weighted by Crippen LogP contribution is -2.09. The first-order valence-corrected chi connectivity index (χ1v) is 8.51. The van der Waals surface area contributed by atoms with Gasteiger partial charge in [0.15, 0.2) is 5.82 Å². The van der Waals surface area contributed by atoms with Crippen LogP contribution in [0.3, 0.4) is 0 Å². The van der Waals surface area contributed by atoms with Crippen LogP contribution in [0, 0.1) is 5.92 Å². The number of ether oxygens (including phenoxy) is 1. The van der Waals surface area contributed by atoms with E-state index in [2.05, 4.69) is 12.0 Å². The summed E-state index contributed by atoms with van der Waals surface area (Å²) in [4.78, 5) is 16.4. The van der Waals surface area contributed by atoms with E-state index in [0.29, 0.717) is 11.7 Å². The average Bonchev–Trinajstić information content (AvgIpc) is 3.46. The summed E-state index contributed by atoms with van der Waals surface area (Å²) in [5.74, 6) is 3.07. The van der Waals surface area contributed by atoms with Gasteiger partial charge in [-0.05, 0) is 56.4 Å². The van der Waals surface area contributed by atoms with Crippen molar-refractivity contribution in [3.05, 3.63) is 30.1 Å². The Morgan fingerprint density at radius 3 is 2.57 bits per heavy atom. The zero-order valence-corrected chi connectivity index (χ0v) is 13.4. The number of benzene rings is 1. The number of hydrogen-bond acceptors (Lipinski definition) is 4. The summed E-state index contributed by atoms with van der Waals surface area (Å²) in [7, 11) is 0. The number of hydrogen-bond donors (Lipinski definition) is 0. The van der Waals surface area contributed by atoms with E-state index in [1.807, 2.05) is 28.9 Å². The van der Waals surface area contributed by atoms with Crippen molar-refractivity contribution in [3.63, 3.8) is 0 Å². The predicted octanol–water partition coefficient (Wildman–Crippen LogP) is 3.55. The third kappa shape index (κ3) is 3.14. The average molecular weight is 311 g/mol. The lowest BCUT2D eigenvalue weighted by molar-refractivity contribution is -0.135. The number of carbonyl (C=O) groups excluding carboxylic acids is 1. The van der Waals surface area contributed by atoms with Crippen molar-refractivity contribution in [2.75, 3.05) is 0 Å². The van der Waals surface area contributed by atoms with Gasteiger partial charge in [-0.3, -0.25) is 4.79 Å². The van der Waals surface area contributed by atoms with E-state index in [1.54, 1.807) is 0 Å². The Bertz CT molecular complexity index is 712. The molecule has 5 heteroatoms. The molecule has 0 amide bonds. The first-order chi connectivity index (χ1) is 11.2. The Kier molecular flexibility index (Phi) is 3.63. The Hall–Kier alpha value is -2.17. The van der Waals surface area contributed by atoms with Crippen molar-refractivity contribution in [1.82, 2.24) is 14.8 Å². The predicted molar refractivity (Wildman–Crippen MR) is 86.1 cm³/mol. The van der Waals surface area contributed by atoms with E-state index < -0.39 is 0 Å². The molecule has 0 atom stereocenters. The summed E-state index contributed by atoms with van der Waals surface area (Å²) >= 11 is 0. The third-order valence-corrected chi connectivity index (χ3v) is 4.32. The molecule has 1 heterocycles. The number of carbonyl (C=O) groups is 1. The van der Waals surface area contributed by atoms with Crippen LogP contribution in [0.1, 0.15) is 50.8 Å². The molecule has 1 aromatic heterocycles. The van der Waals surface area contributed by atoms with Gasteiger partial charge >= 0.3 is 5.97 Å². The number of esters is 1. The van der Waals surface area contributed by atoms with Crippen molar-refractivity contribution in [3.8, 4) is 17.1 Å². The summed E-state index contributed by atoms with van der Waals surface area (Å²) < 4.78 is 7.41. The molecule has 0 unspecified atom stereocenters. The van der Waals surface area contributed by atoms with Gasteiger partial charge in [-0.25, -0.2) is 9.67 Å². The quantitative estimate of drug-likeness (QED) is 0.605. The van der Waals surface area contributed by atoms with E-state index in [0.717, 1.165) is 43.0 Å². The first kappa shape index (κ1) is 14.4. The summed E-state index contributed by atoms with van der Waals surface area (Å²) in [6.07, 6.45) is 5.41. The molecule has 2 fully saturated rings. The van der Waals surface area contributed by atoms with Crippen molar-refractivity contribution in [2.24, 2.45) is 5.92 Å². The molecule has 120 valence electrons. The normalized spacial score (nSPS) is 17.3. The first-order valence-electron chi connectivity index (χ1n) is 8.51. The van der Waals surface area contributed by atoms with E-state index >= 15 is 0 Å². The van der Waals surface area contributed by atoms with Crippen LogP contribution < -0.4 is 4.74 Å². The number of aryl methyl sites for hydroxylation is 1. The molecule has 0 saturated heterocycles. The highest BCUT2D eigenvalue weighted by molar-refractivity contribution is 5.77. The van der Waals surface area contributed by atoms with Crippen LogP contribution in [-0.2, 0) is 11.3 Å². The van der Waals surface area contributed by atoms with Gasteiger partial charge < -0.3 is 4.74 Å². The second kappa shape index (κ2) is 5.80. The smallest absolute Gasteiger partial charge is 0.314 e. The Balaban J connectivity index is 1.53. The molecule has 0 bridgehead atoms. The van der Waals surface area contributed by atoms with Gasteiger partial charge in [0.05, 0.1) is 5.92 Å². The molecule has 0 spiro atoms. The maximum absolute atomic E-state index is 11.7. The Morgan fingerprint density at radius 1 is 1.22 bits per heavy atom. The largest absolute Gasteiger partial charge is 0.426 e. The lowest BCUT2D eigenvalue weighted by Gasteiger charge is -2.03. The minimum atomic E-state index is -0.112. The lowest BCUT2D eigenvalue weighted by atomic mass is 10.2. The molecule has 23 heavy (non-hydrogen) atoms. The zero-order chi connectivity index (χ0) is 15.8. The standard InChI is InChI=1S/C18H21N3O2/c1-2-11-21-17(13-3-4-13)19-16(20-21)12-7-9-15(10-8-12)23-18(22)14-5-6-14/h7-10,13-14H,2-6,11H2,1H3. The minimum Gasteiger partial charge on any atom is -0.426 e. The van der Waals surface area contributed by atoms with Crippen LogP contribution in [0.4, 0.5) is 0 Å². The van der Waals surface area contributed by atoms with Crippen LogP contribution in [0.25, 0.3) is 11.4 Å². The van der Waals surface area contributed by atoms with E-state index in [1.165, 1.54) is 12.8 Å². The molecule has 2 saturated carbocycles. The molecule has 0 radical (unpaired) electrons. The fraction of sp³-hybridized carbons (Fsp3) is 0.500. The van der Waals surface area contributed by atoms with Gasteiger partial charge in [0.1, 0.15) is 11.6 Å². The Labute approximate surface area is 135 Å². The van der Waals surface area contributed by atoms with Crippen molar-refractivity contribution < 1.29 is 9.53 Å². The maximum atomic E-state index is 11.7. The molecule has 2 aliphatic carbocycles. The van der Waals surface area contributed by atoms with Crippen molar-refractivity contribution in [2.45, 2.75) is 51.5 Å². The van der Waals surface area contributed by atoms with Gasteiger partial charge in [0.25, 0.3) is 0 Å². The topological polar surface area (TPSA) is 57.0 Å². The van der Waals surface area contributed by atoms with Crippen LogP contribution in [0.15, 0.2) is 24.3 Å². The molecular formula is C18H21N3O2. The molecule has 2 aliphatic rings. The summed E-state index contributed by atoms with van der Waals surface area (Å²) in [6.45, 7) is 3.07. The number of aromatic nitrogens is 3. The van der Waals surface area contributed by atoms with Gasteiger partial charge in [-0.2, -0.15) is 5.10 Å². The SMILES string of the molecule is CCCn1nc(-c2ccc(OC(=O)C3CC3)cc2)nc1C1CC1. The fourth-order valence-corrected chi connectivity index (χ4v) is 2.69. The van der Waals surface area contributed by atoms with Crippen LogP contribution in [-0.4, -0.2) is 20.7 Å². The van der Waals surface area contributed by atoms with E-state index in [4.69, 9.17) is 9.72 Å². The molecule has 0 N–H and O–H groups in total. The molecule has 5 nitrogen and oxygen atoms in total. The minimum absolute atomic E-state index is 0.112. The maximum Gasteiger partial charge on any atom is 0.314 e. The Morgan fingerprint density at radius 2 is 1.96 bits per heavy atom. The van der Waals surface area contributed by atoms with Crippen molar-refractivity contribution in [1.29, 1.82) is 0 Å². The summed E-state index contributed by atoms with van der Waals surface area (Å²) in [5.41, 5.74) is 0.966. The van der Waals surface area contributed by atoms with Crippen molar-refractivity contribution >= 4 is 5.97 Å². The molecule has 0 aliphatic heterocycles. The van der Waals surface area contributed by atoms with Crippen LogP contribution in [0.2, 0.25) is 0 Å². The summed E-state index contributed by atoms with van der Waals surface area (Å²) in [5, 5.41) is 4.66.